The summed E-state index contributed by atoms with van der Waals surface area (Å²) in [6.45, 7) is 3.41. The van der Waals surface area contributed by atoms with E-state index in [9.17, 15) is 9.90 Å². The normalized spacial score (nSPS) is 13.2. The van der Waals surface area contributed by atoms with E-state index in [0.717, 1.165) is 11.3 Å². The Morgan fingerprint density at radius 1 is 1.28 bits per heavy atom. The summed E-state index contributed by atoms with van der Waals surface area (Å²) in [4.78, 5) is 16.3. The average molecular weight is 341 g/mol. The fraction of sp³-hybridized carbons (Fsp3) is 0.222. The number of benzene rings is 1. The molecule has 3 rings (SSSR count). The first-order valence-corrected chi connectivity index (χ1v) is 7.78. The van der Waals surface area contributed by atoms with E-state index < -0.39 is 11.6 Å². The second-order valence-corrected chi connectivity index (χ2v) is 5.93. The minimum Gasteiger partial charge on any atom is -0.466 e. The molecule has 0 aliphatic carbocycles. The zero-order valence-electron chi connectivity index (χ0n) is 13.9. The highest BCUT2D eigenvalue weighted by atomic mass is 16.4. The lowest BCUT2D eigenvalue weighted by atomic mass is 10.0. The number of nitrogens with one attached hydrogen (secondary N) is 2. The van der Waals surface area contributed by atoms with Crippen LogP contribution in [0.4, 0.5) is 10.5 Å². The Bertz CT molecular complexity index is 853. The lowest BCUT2D eigenvalue weighted by Gasteiger charge is -2.21. The van der Waals surface area contributed by atoms with Crippen molar-refractivity contribution >= 4 is 11.7 Å². The molecule has 3 aromatic rings. The first-order chi connectivity index (χ1) is 11.9. The van der Waals surface area contributed by atoms with E-state index in [2.05, 4.69) is 15.6 Å². The van der Waals surface area contributed by atoms with Crippen molar-refractivity contribution in [2.24, 2.45) is 0 Å². The van der Waals surface area contributed by atoms with Crippen molar-refractivity contribution in [3.05, 3.63) is 60.4 Å². The van der Waals surface area contributed by atoms with Gasteiger partial charge in [-0.25, -0.2) is 9.78 Å². The van der Waals surface area contributed by atoms with Crippen molar-refractivity contribution in [2.75, 3.05) is 11.9 Å². The minimum absolute atomic E-state index is 0.00493. The van der Waals surface area contributed by atoms with Crippen LogP contribution < -0.4 is 10.6 Å². The van der Waals surface area contributed by atoms with Gasteiger partial charge in [-0.15, -0.1) is 0 Å². The Balaban J connectivity index is 1.61. The van der Waals surface area contributed by atoms with Gasteiger partial charge >= 0.3 is 6.03 Å². The Morgan fingerprint density at radius 2 is 2.12 bits per heavy atom. The van der Waals surface area contributed by atoms with Crippen molar-refractivity contribution < 1.29 is 18.7 Å². The molecule has 1 aromatic carbocycles. The average Bonchev–Trinajstić information content (AvgIpc) is 3.25. The summed E-state index contributed by atoms with van der Waals surface area (Å²) in [6, 6.07) is 10.0. The lowest BCUT2D eigenvalue weighted by Crippen LogP contribution is -2.40. The maximum Gasteiger partial charge on any atom is 0.319 e. The number of aromatic nitrogens is 1. The molecular formula is C18H19N3O4. The maximum atomic E-state index is 12.1. The largest absolute Gasteiger partial charge is 0.466 e. The van der Waals surface area contributed by atoms with Crippen molar-refractivity contribution in [2.45, 2.75) is 19.4 Å². The number of nitrogens with zero attached hydrogens (tertiary/aromatic N) is 1. The number of hydrogen-bond donors (Lipinski definition) is 3. The Morgan fingerprint density at radius 3 is 2.80 bits per heavy atom. The van der Waals surface area contributed by atoms with Crippen LogP contribution in [0.5, 0.6) is 0 Å². The Kier molecular flexibility index (Phi) is 4.58. The summed E-state index contributed by atoms with van der Waals surface area (Å²) in [5, 5.41) is 15.7. The van der Waals surface area contributed by atoms with Crippen LogP contribution in [0.25, 0.3) is 11.5 Å². The molecule has 7 nitrogen and oxygen atoms in total. The van der Waals surface area contributed by atoms with Crippen LogP contribution in [-0.4, -0.2) is 22.7 Å². The number of aliphatic hydroxyl groups is 1. The topological polar surface area (TPSA) is 101 Å². The van der Waals surface area contributed by atoms with E-state index in [1.807, 2.05) is 13.0 Å². The van der Waals surface area contributed by atoms with Gasteiger partial charge in [0.2, 0.25) is 5.89 Å². The van der Waals surface area contributed by atoms with Crippen LogP contribution >= 0.6 is 0 Å². The molecule has 7 heteroatoms. The number of oxazole rings is 1. The third-order valence-corrected chi connectivity index (χ3v) is 3.63. The first-order valence-electron chi connectivity index (χ1n) is 7.78. The van der Waals surface area contributed by atoms with E-state index in [1.165, 1.54) is 6.26 Å². The monoisotopic (exact) mass is 341 g/mol. The van der Waals surface area contributed by atoms with Gasteiger partial charge in [0.15, 0.2) is 0 Å². The maximum absolute atomic E-state index is 12.1. The summed E-state index contributed by atoms with van der Waals surface area (Å²) in [5.41, 5.74) is 0.835. The van der Waals surface area contributed by atoms with Crippen molar-refractivity contribution in [1.82, 2.24) is 10.3 Å². The molecule has 3 N–H and O–H groups in total. The second kappa shape index (κ2) is 6.82. The molecule has 0 saturated carbocycles. The van der Waals surface area contributed by atoms with Crippen molar-refractivity contribution in [3.63, 3.8) is 0 Å². The van der Waals surface area contributed by atoms with Crippen LogP contribution in [0.3, 0.4) is 0 Å². The third kappa shape index (κ3) is 4.07. The predicted octanol–water partition coefficient (Wildman–Crippen LogP) is 3.27. The van der Waals surface area contributed by atoms with Gasteiger partial charge in [-0.05, 0) is 44.2 Å². The lowest BCUT2D eigenvalue weighted by molar-refractivity contribution is 0.0372. The molecule has 0 aliphatic rings. The minimum atomic E-state index is -1.29. The van der Waals surface area contributed by atoms with Crippen LogP contribution in [-0.2, 0) is 5.60 Å². The molecule has 0 bridgehead atoms. The van der Waals surface area contributed by atoms with Gasteiger partial charge in [-0.3, -0.25) is 0 Å². The fourth-order valence-corrected chi connectivity index (χ4v) is 2.32. The second-order valence-electron chi connectivity index (χ2n) is 5.93. The van der Waals surface area contributed by atoms with Crippen LogP contribution in [0, 0.1) is 6.92 Å². The van der Waals surface area contributed by atoms with Gasteiger partial charge in [0.1, 0.15) is 17.6 Å². The van der Waals surface area contributed by atoms with Gasteiger partial charge in [0.25, 0.3) is 0 Å². The molecule has 0 fully saturated rings. The molecule has 0 radical (unpaired) electrons. The van der Waals surface area contributed by atoms with Gasteiger partial charge in [-0.1, -0.05) is 6.07 Å². The SMILES string of the molecule is Cc1coc(-c2cccc(NC(=O)NCC(C)(O)c3ccco3)c2)n1. The van der Waals surface area contributed by atoms with Crippen LogP contribution in [0.1, 0.15) is 18.4 Å². The summed E-state index contributed by atoms with van der Waals surface area (Å²) < 4.78 is 10.5. The van der Waals surface area contributed by atoms with Crippen LogP contribution in [0.15, 0.2) is 57.8 Å². The van der Waals surface area contributed by atoms with Crippen molar-refractivity contribution in [1.29, 1.82) is 0 Å². The van der Waals surface area contributed by atoms with Gasteiger partial charge in [0, 0.05) is 11.3 Å². The van der Waals surface area contributed by atoms with E-state index in [-0.39, 0.29) is 6.54 Å². The molecule has 2 aromatic heterocycles. The van der Waals surface area contributed by atoms with Gasteiger partial charge in [0.05, 0.1) is 18.5 Å². The molecule has 1 atom stereocenters. The number of carbonyl (C=O) groups excluding carboxylic acids is 1. The number of amides is 2. The van der Waals surface area contributed by atoms with Crippen molar-refractivity contribution in [3.8, 4) is 11.5 Å². The number of urea groups is 1. The smallest absolute Gasteiger partial charge is 0.319 e. The highest BCUT2D eigenvalue weighted by molar-refractivity contribution is 5.89. The number of anilines is 1. The highest BCUT2D eigenvalue weighted by Gasteiger charge is 2.26. The molecule has 130 valence electrons. The molecule has 0 aliphatic heterocycles. The molecule has 0 saturated heterocycles. The molecule has 0 spiro atoms. The number of aryl methyl sites for hydroxylation is 1. The van der Waals surface area contributed by atoms with E-state index in [1.54, 1.807) is 43.5 Å². The highest BCUT2D eigenvalue weighted by Crippen LogP contribution is 2.22. The standard InChI is InChI=1S/C18H19N3O4/c1-12-10-25-16(20-12)13-5-3-6-14(9-13)21-17(22)19-11-18(2,23)15-7-4-8-24-15/h3-10,23H,11H2,1-2H3,(H2,19,21,22). The van der Waals surface area contributed by atoms with Gasteiger partial charge in [-0.2, -0.15) is 0 Å². The molecular weight excluding hydrogens is 322 g/mol. The summed E-state index contributed by atoms with van der Waals surface area (Å²) in [6.07, 6.45) is 3.04. The fourth-order valence-electron chi connectivity index (χ4n) is 2.32. The van der Waals surface area contributed by atoms with E-state index >= 15 is 0 Å². The summed E-state index contributed by atoms with van der Waals surface area (Å²) in [7, 11) is 0. The summed E-state index contributed by atoms with van der Waals surface area (Å²) >= 11 is 0. The number of furan rings is 1. The summed E-state index contributed by atoms with van der Waals surface area (Å²) in [5.74, 6) is 0.872. The quantitative estimate of drug-likeness (QED) is 0.661. The van der Waals surface area contributed by atoms with Gasteiger partial charge < -0.3 is 24.6 Å². The Hall–Kier alpha value is -3.06. The zero-order valence-corrected chi connectivity index (χ0v) is 13.9. The first kappa shape index (κ1) is 16.8. The number of carbonyl (C=O) groups is 1. The number of rotatable bonds is 5. The molecule has 25 heavy (non-hydrogen) atoms. The predicted molar refractivity (Wildman–Crippen MR) is 92.0 cm³/mol. The number of hydrogen-bond acceptors (Lipinski definition) is 5. The molecule has 1 unspecified atom stereocenters. The third-order valence-electron chi connectivity index (χ3n) is 3.63. The Labute approximate surface area is 144 Å². The molecule has 2 amide bonds. The van der Waals surface area contributed by atoms with Crippen LogP contribution in [0.2, 0.25) is 0 Å². The van der Waals surface area contributed by atoms with E-state index in [4.69, 9.17) is 8.83 Å². The zero-order chi connectivity index (χ0) is 17.9. The van der Waals surface area contributed by atoms with E-state index in [0.29, 0.717) is 17.3 Å². The molecule has 2 heterocycles.